The van der Waals surface area contributed by atoms with Gasteiger partial charge < -0.3 is 30.0 Å². The van der Waals surface area contributed by atoms with E-state index < -0.39 is 24.1 Å². The summed E-state index contributed by atoms with van der Waals surface area (Å²) < 4.78 is 0. The van der Waals surface area contributed by atoms with Crippen molar-refractivity contribution in [1.29, 1.82) is 0 Å². The normalized spacial score (nSPS) is 12.6. The van der Waals surface area contributed by atoms with E-state index in [9.17, 15) is 19.8 Å². The molecule has 0 bridgehead atoms. The molecule has 13 heavy (non-hydrogen) atoms. The molecule has 0 amide bonds. The molecule has 0 aromatic carbocycles. The maximum atomic E-state index is 9.34. The van der Waals surface area contributed by atoms with Crippen LogP contribution in [0.15, 0.2) is 0 Å². The summed E-state index contributed by atoms with van der Waals surface area (Å²) in [6.07, 6.45) is -2.69. The molecule has 2 N–H and O–H groups in total. The molecule has 0 aliphatic heterocycles. The van der Waals surface area contributed by atoms with Gasteiger partial charge in [0.2, 0.25) is 0 Å². The first kappa shape index (κ1) is 18.2. The van der Waals surface area contributed by atoms with Crippen molar-refractivity contribution in [1.82, 2.24) is 0 Å². The number of aliphatic carboxylic acids is 2. The summed E-state index contributed by atoms with van der Waals surface area (Å²) in [6.45, 7) is 2.27. The van der Waals surface area contributed by atoms with Gasteiger partial charge in [-0.05, 0) is 13.8 Å². The molecular weight excluding hydrogens is 241 g/mol. The standard InChI is InChI=1S/2C3H6O3.GeH2/c2*1-2(4)3(5)6;/h2*2,4H,1H3,(H,5,6);1H2/q;;+2/p-2. The van der Waals surface area contributed by atoms with E-state index in [1.165, 1.54) is 0 Å². The van der Waals surface area contributed by atoms with E-state index in [0.717, 1.165) is 13.8 Å². The Hall–Kier alpha value is -0.597. The zero-order valence-corrected chi connectivity index (χ0v) is 10.4. The first-order valence-corrected chi connectivity index (χ1v) is 3.06. The Morgan fingerprint density at radius 3 is 1.08 bits per heavy atom. The van der Waals surface area contributed by atoms with E-state index in [1.54, 1.807) is 0 Å². The van der Waals surface area contributed by atoms with Gasteiger partial charge in [-0.1, -0.05) is 0 Å². The van der Waals surface area contributed by atoms with E-state index in [1.807, 2.05) is 0 Å². The van der Waals surface area contributed by atoms with E-state index >= 15 is 0 Å². The van der Waals surface area contributed by atoms with Gasteiger partial charge in [-0.3, -0.25) is 0 Å². The Kier molecular flexibility index (Phi) is 13.3. The number of carboxylic acids is 2. The summed E-state index contributed by atoms with van der Waals surface area (Å²) in [5.74, 6) is -2.87. The quantitative estimate of drug-likeness (QED) is 0.477. The fourth-order valence-electron chi connectivity index (χ4n) is 0. The summed E-state index contributed by atoms with van der Waals surface area (Å²) in [6, 6.07) is 0. The van der Waals surface area contributed by atoms with Crippen LogP contribution in [-0.2, 0) is 9.59 Å². The Morgan fingerprint density at radius 2 is 1.08 bits per heavy atom. The summed E-state index contributed by atoms with van der Waals surface area (Å²) in [5, 5.41) is 34.6. The number of rotatable bonds is 2. The van der Waals surface area contributed by atoms with Gasteiger partial charge in [0, 0.05) is 0 Å². The van der Waals surface area contributed by atoms with Gasteiger partial charge in [0.1, 0.15) is 0 Å². The molecule has 0 aliphatic rings. The van der Waals surface area contributed by atoms with Gasteiger partial charge in [0.05, 0.1) is 24.1 Å². The predicted octanol–water partition coefficient (Wildman–Crippen LogP) is -4.68. The summed E-state index contributed by atoms with van der Waals surface area (Å²) in [5.41, 5.74) is 0. The number of aliphatic hydroxyl groups excluding tert-OH is 2. The van der Waals surface area contributed by atoms with Crippen molar-refractivity contribution in [2.24, 2.45) is 0 Å². The fourth-order valence-corrected chi connectivity index (χ4v) is 0. The van der Waals surface area contributed by atoms with Gasteiger partial charge in [0.25, 0.3) is 0 Å². The van der Waals surface area contributed by atoms with Crippen LogP contribution in [0.4, 0.5) is 0 Å². The Bertz CT molecular complexity index is 137. The second-order valence-corrected chi connectivity index (χ2v) is 1.99. The molecule has 0 heterocycles. The predicted molar refractivity (Wildman–Crippen MR) is 41.9 cm³/mol. The number of hydrogen-bond donors (Lipinski definition) is 2. The van der Waals surface area contributed by atoms with E-state index in [2.05, 4.69) is 0 Å². The molecule has 0 saturated carbocycles. The third kappa shape index (κ3) is 18.4. The third-order valence-electron chi connectivity index (χ3n) is 0.682. The van der Waals surface area contributed by atoms with Gasteiger partial charge in [-0.15, -0.1) is 0 Å². The van der Waals surface area contributed by atoms with Crippen molar-refractivity contribution in [3.05, 3.63) is 0 Å². The minimum atomic E-state index is -1.44. The Morgan fingerprint density at radius 1 is 1.00 bits per heavy atom. The molecule has 0 saturated heterocycles. The Labute approximate surface area is 86.2 Å². The SMILES string of the molecule is CC(O)C(=O)[O-].CC(O)C(=O)[O-].[GeH2+2]. The van der Waals surface area contributed by atoms with Crippen LogP contribution in [-0.4, -0.2) is 52.0 Å². The molecule has 7 heteroatoms. The molecule has 0 rings (SSSR count). The zero-order valence-electron chi connectivity index (χ0n) is 7.39. The zero-order chi connectivity index (χ0) is 10.3. The molecular formula is C6H12GeO6. The Balaban J connectivity index is -0.000000143. The van der Waals surface area contributed by atoms with Crippen molar-refractivity contribution in [2.75, 3.05) is 0 Å². The summed E-state index contributed by atoms with van der Waals surface area (Å²) in [7, 11) is 0. The monoisotopic (exact) mass is 254 g/mol. The number of carbonyl (C=O) groups is 2. The van der Waals surface area contributed by atoms with Crippen LogP contribution >= 0.6 is 0 Å². The third-order valence-corrected chi connectivity index (χ3v) is 0.682. The van der Waals surface area contributed by atoms with Crippen LogP contribution in [0.25, 0.3) is 0 Å². The number of hydrogen-bond acceptors (Lipinski definition) is 6. The van der Waals surface area contributed by atoms with E-state index in [4.69, 9.17) is 10.2 Å². The first-order chi connectivity index (χ1) is 5.29. The van der Waals surface area contributed by atoms with Gasteiger partial charge in [-0.25, -0.2) is 0 Å². The summed E-state index contributed by atoms with van der Waals surface area (Å²) >= 11 is 0. The average Bonchev–Trinajstić information content (AvgIpc) is 1.88. The molecule has 2 unspecified atom stereocenters. The van der Waals surface area contributed by atoms with E-state index in [0.29, 0.717) is 0 Å². The molecule has 0 fully saturated rings. The number of aliphatic hydroxyl groups is 2. The fraction of sp³-hybridized carbons (Fsp3) is 0.667. The van der Waals surface area contributed by atoms with Crippen LogP contribution in [0.3, 0.4) is 0 Å². The van der Waals surface area contributed by atoms with Crippen LogP contribution < -0.4 is 10.2 Å². The summed E-state index contributed by atoms with van der Waals surface area (Å²) in [4.78, 5) is 18.7. The molecule has 0 spiro atoms. The molecule has 2 atom stereocenters. The van der Waals surface area contributed by atoms with Crippen molar-refractivity contribution < 1.29 is 30.0 Å². The van der Waals surface area contributed by atoms with Crippen molar-refractivity contribution >= 4 is 29.5 Å². The maximum absolute atomic E-state index is 9.34. The van der Waals surface area contributed by atoms with Gasteiger partial charge in [-0.2, -0.15) is 0 Å². The van der Waals surface area contributed by atoms with Crippen LogP contribution in [0.5, 0.6) is 0 Å². The molecule has 0 aliphatic carbocycles. The van der Waals surface area contributed by atoms with Crippen LogP contribution in [0.2, 0.25) is 0 Å². The van der Waals surface area contributed by atoms with Crippen molar-refractivity contribution in [3.63, 3.8) is 0 Å². The van der Waals surface area contributed by atoms with Crippen LogP contribution in [0.1, 0.15) is 13.8 Å². The van der Waals surface area contributed by atoms with Gasteiger partial charge >= 0.3 is 17.6 Å². The first-order valence-electron chi connectivity index (χ1n) is 3.06. The molecule has 0 radical (unpaired) electrons. The number of carbonyl (C=O) groups excluding carboxylic acids is 2. The van der Waals surface area contributed by atoms with Gasteiger partial charge in [0.15, 0.2) is 0 Å². The molecule has 76 valence electrons. The second kappa shape index (κ2) is 9.49. The molecule has 6 nitrogen and oxygen atoms in total. The molecule has 0 aromatic rings. The second-order valence-electron chi connectivity index (χ2n) is 1.99. The number of carboxylic acid groups (broad SMARTS) is 2. The van der Waals surface area contributed by atoms with Crippen molar-refractivity contribution in [3.8, 4) is 0 Å². The minimum absolute atomic E-state index is 0. The van der Waals surface area contributed by atoms with E-state index in [-0.39, 0.29) is 17.6 Å². The van der Waals surface area contributed by atoms with Crippen LogP contribution in [0, 0.1) is 0 Å². The topological polar surface area (TPSA) is 121 Å². The average molecular weight is 253 g/mol. The molecule has 0 aromatic heterocycles. The van der Waals surface area contributed by atoms with Crippen molar-refractivity contribution in [2.45, 2.75) is 26.1 Å².